The summed E-state index contributed by atoms with van der Waals surface area (Å²) in [5.41, 5.74) is 1.11. The number of ether oxygens (including phenoxy) is 2. The first-order chi connectivity index (χ1) is 11.0. The van der Waals surface area contributed by atoms with Gasteiger partial charge in [0.15, 0.2) is 0 Å². The van der Waals surface area contributed by atoms with Gasteiger partial charge in [0.2, 0.25) is 10.0 Å². The van der Waals surface area contributed by atoms with Crippen molar-refractivity contribution in [2.24, 2.45) is 0 Å². The minimum Gasteiger partial charge on any atom is -0.489 e. The van der Waals surface area contributed by atoms with Crippen LogP contribution in [0.5, 0.6) is 11.5 Å². The van der Waals surface area contributed by atoms with Gasteiger partial charge in [-0.2, -0.15) is 4.31 Å². The highest BCUT2D eigenvalue weighted by molar-refractivity contribution is 7.88. The minimum absolute atomic E-state index is 0.0826. The van der Waals surface area contributed by atoms with E-state index in [1.807, 2.05) is 54.6 Å². The van der Waals surface area contributed by atoms with Crippen molar-refractivity contribution in [2.45, 2.75) is 12.7 Å². The molecule has 0 atom stereocenters. The normalized spacial score (nSPS) is 15.9. The third-order valence-corrected chi connectivity index (χ3v) is 4.89. The lowest BCUT2D eigenvalue weighted by atomic mass is 10.2. The number of rotatable bonds is 6. The molecule has 0 bridgehead atoms. The fraction of sp³-hybridized carbons (Fsp3) is 0.294. The van der Waals surface area contributed by atoms with Gasteiger partial charge in [-0.05, 0) is 29.8 Å². The van der Waals surface area contributed by atoms with Gasteiger partial charge in [0.25, 0.3) is 0 Å². The van der Waals surface area contributed by atoms with Gasteiger partial charge in [-0.3, -0.25) is 0 Å². The van der Waals surface area contributed by atoms with E-state index in [0.29, 0.717) is 19.7 Å². The fourth-order valence-electron chi connectivity index (χ4n) is 2.29. The van der Waals surface area contributed by atoms with E-state index in [0.717, 1.165) is 17.1 Å². The lowest BCUT2D eigenvalue weighted by Gasteiger charge is -2.36. The topological polar surface area (TPSA) is 55.8 Å². The predicted molar refractivity (Wildman–Crippen MR) is 88.0 cm³/mol. The summed E-state index contributed by atoms with van der Waals surface area (Å²) in [5, 5.41) is 0. The molecule has 1 aliphatic rings. The van der Waals surface area contributed by atoms with Gasteiger partial charge in [-0.15, -0.1) is 0 Å². The van der Waals surface area contributed by atoms with E-state index in [9.17, 15) is 8.42 Å². The third kappa shape index (κ3) is 4.24. The van der Waals surface area contributed by atoms with Crippen molar-refractivity contribution in [3.8, 4) is 11.5 Å². The zero-order chi connectivity index (χ0) is 16.3. The Kier molecular flexibility index (Phi) is 4.54. The first-order valence-electron chi connectivity index (χ1n) is 7.39. The maximum atomic E-state index is 11.3. The summed E-state index contributed by atoms with van der Waals surface area (Å²) >= 11 is 0. The van der Waals surface area contributed by atoms with Crippen LogP contribution >= 0.6 is 0 Å². The maximum absolute atomic E-state index is 11.3. The molecule has 1 saturated heterocycles. The van der Waals surface area contributed by atoms with Gasteiger partial charge in [0, 0.05) is 0 Å². The number of sulfonamides is 1. The number of hydrogen-bond acceptors (Lipinski definition) is 4. The molecule has 0 amide bonds. The van der Waals surface area contributed by atoms with Crippen LogP contribution in [-0.4, -0.2) is 38.2 Å². The van der Waals surface area contributed by atoms with Gasteiger partial charge < -0.3 is 9.47 Å². The first-order valence-corrected chi connectivity index (χ1v) is 9.24. The standard InChI is InChI=1S/C17H19NO4S/c1-23(19,20)18-11-17(12-18)22-16-9-7-15(8-10-16)21-13-14-5-3-2-4-6-14/h2-10,17H,11-13H2,1H3. The summed E-state index contributed by atoms with van der Waals surface area (Å²) in [4.78, 5) is 0. The highest BCUT2D eigenvalue weighted by atomic mass is 32.2. The molecule has 0 N–H and O–H groups in total. The molecule has 0 saturated carbocycles. The van der Waals surface area contributed by atoms with Crippen LogP contribution in [0.4, 0.5) is 0 Å². The summed E-state index contributed by atoms with van der Waals surface area (Å²) in [5.74, 6) is 1.49. The van der Waals surface area contributed by atoms with E-state index in [1.54, 1.807) is 0 Å². The predicted octanol–water partition coefficient (Wildman–Crippen LogP) is 2.29. The highest BCUT2D eigenvalue weighted by Crippen LogP contribution is 2.23. The lowest BCUT2D eigenvalue weighted by Crippen LogP contribution is -2.55. The van der Waals surface area contributed by atoms with Gasteiger partial charge in [0.1, 0.15) is 24.2 Å². The Labute approximate surface area is 136 Å². The van der Waals surface area contributed by atoms with Crippen LogP contribution in [0, 0.1) is 0 Å². The van der Waals surface area contributed by atoms with Gasteiger partial charge in [-0.1, -0.05) is 30.3 Å². The van der Waals surface area contributed by atoms with Gasteiger partial charge >= 0.3 is 0 Å². The zero-order valence-corrected chi connectivity index (χ0v) is 13.7. The van der Waals surface area contributed by atoms with E-state index in [-0.39, 0.29) is 6.10 Å². The summed E-state index contributed by atoms with van der Waals surface area (Å²) in [6.07, 6.45) is 1.13. The fourth-order valence-corrected chi connectivity index (χ4v) is 3.17. The van der Waals surface area contributed by atoms with Crippen molar-refractivity contribution in [3.63, 3.8) is 0 Å². The summed E-state index contributed by atoms with van der Waals surface area (Å²) in [7, 11) is -3.10. The summed E-state index contributed by atoms with van der Waals surface area (Å²) in [6, 6.07) is 17.3. The van der Waals surface area contributed by atoms with Crippen molar-refractivity contribution in [2.75, 3.05) is 19.3 Å². The second-order valence-electron chi connectivity index (χ2n) is 5.57. The molecule has 2 aromatic carbocycles. The largest absolute Gasteiger partial charge is 0.489 e. The molecule has 2 aromatic rings. The first kappa shape index (κ1) is 15.8. The molecule has 5 nitrogen and oxygen atoms in total. The smallest absolute Gasteiger partial charge is 0.211 e. The van der Waals surface area contributed by atoms with Crippen molar-refractivity contribution in [3.05, 3.63) is 60.2 Å². The van der Waals surface area contributed by atoms with Crippen LogP contribution < -0.4 is 9.47 Å². The molecule has 0 aromatic heterocycles. The SMILES string of the molecule is CS(=O)(=O)N1CC(Oc2ccc(OCc3ccccc3)cc2)C1. The summed E-state index contributed by atoms with van der Waals surface area (Å²) in [6.45, 7) is 1.34. The minimum atomic E-state index is -3.10. The van der Waals surface area contributed by atoms with Crippen molar-refractivity contribution < 1.29 is 17.9 Å². The van der Waals surface area contributed by atoms with Crippen LogP contribution in [0.3, 0.4) is 0 Å². The Hall–Kier alpha value is -2.05. The van der Waals surface area contributed by atoms with Gasteiger partial charge in [-0.25, -0.2) is 8.42 Å². The van der Waals surface area contributed by atoms with E-state index >= 15 is 0 Å². The molecule has 6 heteroatoms. The van der Waals surface area contributed by atoms with Crippen molar-refractivity contribution >= 4 is 10.0 Å². The van der Waals surface area contributed by atoms with Crippen LogP contribution in [0.15, 0.2) is 54.6 Å². The Bertz CT molecular complexity index is 738. The molecule has 1 heterocycles. The van der Waals surface area contributed by atoms with Crippen molar-refractivity contribution in [1.29, 1.82) is 0 Å². The number of nitrogens with zero attached hydrogens (tertiary/aromatic N) is 1. The molecule has 0 spiro atoms. The third-order valence-electron chi connectivity index (χ3n) is 3.66. The molecule has 3 rings (SSSR count). The highest BCUT2D eigenvalue weighted by Gasteiger charge is 2.34. The molecule has 1 fully saturated rings. The molecular weight excluding hydrogens is 314 g/mol. The van der Waals surface area contributed by atoms with Crippen LogP contribution in [0.1, 0.15) is 5.56 Å². The second-order valence-corrected chi connectivity index (χ2v) is 7.55. The zero-order valence-electron chi connectivity index (χ0n) is 12.9. The summed E-state index contributed by atoms with van der Waals surface area (Å²) < 4.78 is 35.4. The average molecular weight is 333 g/mol. The lowest BCUT2D eigenvalue weighted by molar-refractivity contribution is 0.0766. The number of benzene rings is 2. The molecular formula is C17H19NO4S. The van der Waals surface area contributed by atoms with Gasteiger partial charge in [0.05, 0.1) is 19.3 Å². The van der Waals surface area contributed by atoms with E-state index in [1.165, 1.54) is 10.6 Å². The Morgan fingerprint density at radius 3 is 2.22 bits per heavy atom. The number of hydrogen-bond donors (Lipinski definition) is 0. The van der Waals surface area contributed by atoms with Crippen molar-refractivity contribution in [1.82, 2.24) is 4.31 Å². The van der Waals surface area contributed by atoms with E-state index in [2.05, 4.69) is 0 Å². The van der Waals surface area contributed by atoms with E-state index in [4.69, 9.17) is 9.47 Å². The molecule has 0 aliphatic carbocycles. The Morgan fingerprint density at radius 1 is 1.00 bits per heavy atom. The molecule has 1 aliphatic heterocycles. The molecule has 0 radical (unpaired) electrons. The van der Waals surface area contributed by atoms with E-state index < -0.39 is 10.0 Å². The Morgan fingerprint density at radius 2 is 1.61 bits per heavy atom. The molecule has 0 unspecified atom stereocenters. The molecule has 122 valence electrons. The maximum Gasteiger partial charge on any atom is 0.211 e. The van der Waals surface area contributed by atoms with Crippen LogP contribution in [-0.2, 0) is 16.6 Å². The Balaban J connectivity index is 1.48. The monoisotopic (exact) mass is 333 g/mol. The quantitative estimate of drug-likeness (QED) is 0.814. The van der Waals surface area contributed by atoms with Crippen LogP contribution in [0.2, 0.25) is 0 Å². The van der Waals surface area contributed by atoms with Crippen LogP contribution in [0.25, 0.3) is 0 Å². The molecule has 23 heavy (non-hydrogen) atoms. The second kappa shape index (κ2) is 6.60. The average Bonchev–Trinajstić information content (AvgIpc) is 2.49.